The topological polar surface area (TPSA) is 245 Å². The Morgan fingerprint density at radius 1 is 0.566 bits per heavy atom. The van der Waals surface area contributed by atoms with Crippen LogP contribution < -0.4 is 64.8 Å². The molecule has 1 amide bonds. The number of nitrogens with zero attached hydrogens (tertiary/aromatic N) is 11. The molecule has 0 spiro atoms. The van der Waals surface area contributed by atoms with Gasteiger partial charge in [-0.25, -0.2) is 42.6 Å². The summed E-state index contributed by atoms with van der Waals surface area (Å²) >= 11 is 10.3. The molecule has 0 saturated carbocycles. The van der Waals surface area contributed by atoms with Crippen molar-refractivity contribution < 1.29 is 156 Å². The number of aliphatic hydroxyl groups is 1. The summed E-state index contributed by atoms with van der Waals surface area (Å²) in [5.41, 5.74) is 9.06. The molecule has 0 aromatic carbocycles. The average Bonchev–Trinajstić information content (AvgIpc) is 0.816. The van der Waals surface area contributed by atoms with E-state index in [-0.39, 0.29) is 182 Å². The number of pyridine rings is 6. The second-order valence-corrected chi connectivity index (χ2v) is 20.9. The van der Waals surface area contributed by atoms with Gasteiger partial charge in [0.1, 0.15) is 34.0 Å². The van der Waals surface area contributed by atoms with Gasteiger partial charge < -0.3 is 27.2 Å². The van der Waals surface area contributed by atoms with Gasteiger partial charge in [0.25, 0.3) is 5.92 Å². The molecule has 530 valence electrons. The van der Waals surface area contributed by atoms with Gasteiger partial charge in [0, 0.05) is 86.8 Å². The van der Waals surface area contributed by atoms with Crippen molar-refractivity contribution in [2.45, 2.75) is 100 Å². The van der Waals surface area contributed by atoms with Gasteiger partial charge in [-0.05, 0) is 186 Å². The molecule has 0 bridgehead atoms. The Kier molecular flexibility index (Phi) is 63.5. The Balaban J connectivity index is -0.000000117. The van der Waals surface area contributed by atoms with Gasteiger partial charge in [0.15, 0.2) is 11.7 Å². The second-order valence-electron chi connectivity index (χ2n) is 17.2. The van der Waals surface area contributed by atoms with Crippen LogP contribution in [0.1, 0.15) is 110 Å². The number of amides is 1. The molecule has 0 fully saturated rings. The van der Waals surface area contributed by atoms with Gasteiger partial charge in [-0.15, -0.1) is 0 Å². The van der Waals surface area contributed by atoms with Gasteiger partial charge in [-0.1, -0.05) is 44.9 Å². The van der Waals surface area contributed by atoms with E-state index in [1.54, 1.807) is 77.4 Å². The number of aryl methyl sites for hydroxylation is 6. The number of alkyl halides is 10. The number of ether oxygens (including phenoxy) is 2. The molecule has 0 saturated heterocycles. The van der Waals surface area contributed by atoms with E-state index in [1.807, 2.05) is 45.4 Å². The van der Waals surface area contributed by atoms with E-state index >= 15 is 0 Å². The van der Waals surface area contributed by atoms with Crippen LogP contribution in [0.15, 0.2) is 86.3 Å². The van der Waals surface area contributed by atoms with Crippen LogP contribution in [0.2, 0.25) is 0 Å². The molecule has 0 atom stereocenters. The SMILES string of the molecule is C.C.C.CCOC(=O)C(F)(F)Br.Cc1cc(C(N)=O)cnc1/C(F)=C/I.[B].[C-]#[N+]c1cnc(/C(F)=C/I)c(C)c1.[C-]#[N+]c1cnc(Br)c(C)c1.[C-]#[N+]c1cnc(C(F)(F)C(=O)OCC)c(C)c1.[C-]#[N+]c1cnc(C(F)(F)CI)c(C)c1.[C-]#[N+]c1cnc(C(F)(F)CO)c(C)c1.[Cu].[H-].[Na+].[Na+].[OH-]. The van der Waals surface area contributed by atoms with Crippen LogP contribution in [0.5, 0.6) is 0 Å². The number of aliphatic hydroxyl groups excluding tert-OH is 1. The Morgan fingerprint density at radius 3 is 1.14 bits per heavy atom. The number of nitrogens with two attached hydrogens (primary N) is 1. The van der Waals surface area contributed by atoms with Crippen molar-refractivity contribution in [2.75, 3.05) is 24.2 Å². The number of rotatable bonds is 12. The summed E-state index contributed by atoms with van der Waals surface area (Å²) in [7, 11) is 0. The molecule has 6 aromatic rings. The summed E-state index contributed by atoms with van der Waals surface area (Å²) in [6, 6.07) is 8.93. The summed E-state index contributed by atoms with van der Waals surface area (Å²) in [6.07, 6.45) is 7.43. The third-order valence-corrected chi connectivity index (χ3v) is 13.5. The number of esters is 2. The summed E-state index contributed by atoms with van der Waals surface area (Å²) in [5, 5.41) is 8.45. The number of carbonyl (C=O) groups excluding carboxylic acids is 3. The zero-order valence-corrected chi connectivity index (χ0v) is 66.5. The van der Waals surface area contributed by atoms with E-state index in [0.29, 0.717) is 33.8 Å². The monoisotopic (exact) mass is 1920 g/mol. The zero-order valence-electron chi connectivity index (χ0n) is 52.9. The van der Waals surface area contributed by atoms with Gasteiger partial charge >= 0.3 is 87.7 Å². The molecule has 6 rings (SSSR count). The van der Waals surface area contributed by atoms with Crippen LogP contribution in [-0.4, -0.2) is 95.8 Å². The minimum Gasteiger partial charge on any atom is -1.00 e. The Labute approximate surface area is 685 Å². The molecule has 4 N–H and O–H groups in total. The van der Waals surface area contributed by atoms with Crippen molar-refractivity contribution in [3.8, 4) is 0 Å². The Morgan fingerprint density at radius 2 is 0.869 bits per heavy atom. The van der Waals surface area contributed by atoms with Gasteiger partial charge in [0.2, 0.25) is 34.3 Å². The number of primary amides is 1. The molecular weight excluding hydrogens is 1860 g/mol. The number of hydrogen-bond acceptors (Lipinski definition) is 13. The van der Waals surface area contributed by atoms with Crippen molar-refractivity contribution in [1.29, 1.82) is 0 Å². The van der Waals surface area contributed by atoms with E-state index < -0.39 is 64.3 Å². The minimum atomic E-state index is -3.79. The minimum absolute atomic E-state index is 0. The number of aromatic nitrogens is 6. The van der Waals surface area contributed by atoms with Gasteiger partial charge in [0.05, 0.1) is 61.8 Å². The fourth-order valence-corrected chi connectivity index (χ4v) is 7.45. The molecule has 4 radical (unpaired) electrons. The van der Waals surface area contributed by atoms with Crippen LogP contribution in [0.3, 0.4) is 0 Å². The molecule has 6 heterocycles. The van der Waals surface area contributed by atoms with E-state index in [2.05, 4.69) is 79.5 Å². The molecular formula is C61H63BBr2CuF10I3N12Na2O7. The quantitative estimate of drug-likeness (QED) is 0.0220. The van der Waals surface area contributed by atoms with Crippen LogP contribution in [-0.2, 0) is 53.9 Å². The summed E-state index contributed by atoms with van der Waals surface area (Å²) < 4.78 is 141. The van der Waals surface area contributed by atoms with Crippen LogP contribution in [0, 0.1) is 74.4 Å². The number of halogens is 15. The third kappa shape index (κ3) is 38.9. The van der Waals surface area contributed by atoms with Crippen molar-refractivity contribution in [3.05, 3.63) is 211 Å². The van der Waals surface area contributed by atoms with E-state index in [4.69, 9.17) is 43.7 Å². The smallest absolute Gasteiger partial charge is 1.00 e. The zero-order chi connectivity index (χ0) is 70.2. The first-order valence-corrected chi connectivity index (χ1v) is 30.3. The largest absolute Gasteiger partial charge is 1.00 e. The normalized spacial score (nSPS) is 9.97. The molecule has 0 unspecified atom stereocenters. The molecule has 0 aliphatic rings. The standard InChI is InChI=1S/C11H10F2N2O2.C9H7F2IN2.C9H8F2N2O.C9H8FIN2O.C9H6FIN2.C7H5BrN2.C4H5BrF2O2.3CH4.B.Cu.2Na.H2O.H/c1-4-17-10(16)11(12,13)9-7(2)5-8(14-3)6-15-9;1-6-3-7(13-2)4-14-8(6)9(10,11)5-12;1-6-3-7(12-2)4-13-8(6)9(10,11)5-14;1-5-2-6(9(12)14)4-13-8(5)7(10)3-11;1-6-3-7(12-2)5-13-9(6)8(10)4-11;1-5-3-6(9-2)4-10-7(5)8;1-2-9-3(8)4(5,6)7;;;;;;;;;/h5-6H,4H2,1-2H3;3-4H,5H2,1H3;3-4,14H,5H2,1H3;2-4H,1H3,(H2,12,14);3-5H,1H3;3-4H,1H3;2H2,1H3;3*1H4;;;;;1H2;/q;;;;;;;;;;;;2*+1;;-1/p-1/b;;;7-3-;8-4-;;;;;;;;;;;. The summed E-state index contributed by atoms with van der Waals surface area (Å²) in [5.74, 6) is -14.6. The van der Waals surface area contributed by atoms with E-state index in [1.165, 1.54) is 85.6 Å². The fraction of sp³-hybridized carbons (Fsp3) is 0.311. The first-order chi connectivity index (χ1) is 42.4. The molecule has 99 heavy (non-hydrogen) atoms. The second kappa shape index (κ2) is 55.8. The van der Waals surface area contributed by atoms with E-state index in [0.717, 1.165) is 22.6 Å². The first-order valence-electron chi connectivity index (χ1n) is 24.7. The van der Waals surface area contributed by atoms with E-state index in [9.17, 15) is 58.3 Å². The molecule has 19 nitrogen and oxygen atoms in total. The Bertz CT molecular complexity index is 3760. The number of hydrogen-bond donors (Lipinski definition) is 2. The maximum Gasteiger partial charge on any atom is 1.00 e. The van der Waals surface area contributed by atoms with Crippen molar-refractivity contribution in [2.24, 2.45) is 5.73 Å². The summed E-state index contributed by atoms with van der Waals surface area (Å²) in [6.45, 7) is 44.6. The van der Waals surface area contributed by atoms with Crippen LogP contribution in [0.25, 0.3) is 35.9 Å². The average molecular weight is 1930 g/mol. The van der Waals surface area contributed by atoms with Crippen LogP contribution >= 0.6 is 99.6 Å². The maximum absolute atomic E-state index is 13.6. The Hall–Kier alpha value is -4.81. The number of carbonyl (C=O) groups is 3. The van der Waals surface area contributed by atoms with Gasteiger partial charge in [-0.3, -0.25) is 34.7 Å². The van der Waals surface area contributed by atoms with Crippen LogP contribution in [0.4, 0.5) is 72.3 Å². The fourth-order valence-electron chi connectivity index (χ4n) is 6.17. The molecule has 0 aliphatic carbocycles. The molecule has 38 heteroatoms. The molecule has 0 aliphatic heterocycles. The first kappa shape index (κ1) is 113. The van der Waals surface area contributed by atoms with Gasteiger partial charge in [-0.2, -0.15) is 35.1 Å². The van der Waals surface area contributed by atoms with Crippen molar-refractivity contribution >= 4 is 166 Å². The third-order valence-electron chi connectivity index (χ3n) is 10.3. The van der Waals surface area contributed by atoms with Crippen molar-refractivity contribution in [3.63, 3.8) is 0 Å². The molecule has 6 aromatic heterocycles. The van der Waals surface area contributed by atoms with Crippen molar-refractivity contribution in [1.82, 2.24) is 29.9 Å². The maximum atomic E-state index is 13.6. The predicted octanol–water partition coefficient (Wildman–Crippen LogP) is 13.6. The summed E-state index contributed by atoms with van der Waals surface area (Å²) in [4.78, 5) is 66.2. The predicted molar refractivity (Wildman–Crippen MR) is 381 cm³/mol.